The molecule has 0 aliphatic carbocycles. The van der Waals surface area contributed by atoms with Gasteiger partial charge in [-0.2, -0.15) is 0 Å². The summed E-state index contributed by atoms with van der Waals surface area (Å²) >= 11 is 0. The summed E-state index contributed by atoms with van der Waals surface area (Å²) in [7, 11) is 0. The molecule has 0 fully saturated rings. The molecule has 0 heterocycles. The molecule has 5 heteroatoms. The zero-order chi connectivity index (χ0) is 32.2. The first-order valence-corrected chi connectivity index (χ1v) is 18.2. The lowest BCUT2D eigenvalue weighted by Crippen LogP contribution is -2.28. The first kappa shape index (κ1) is 41.9. The molecule has 254 valence electrons. The van der Waals surface area contributed by atoms with E-state index in [0.29, 0.717) is 12.8 Å². The van der Waals surface area contributed by atoms with E-state index in [1.807, 2.05) is 0 Å². The van der Waals surface area contributed by atoms with Crippen molar-refractivity contribution in [3.8, 4) is 0 Å². The van der Waals surface area contributed by atoms with Gasteiger partial charge in [0.1, 0.15) is 6.61 Å². The molecule has 0 aromatic carbocycles. The van der Waals surface area contributed by atoms with Gasteiger partial charge in [-0.3, -0.25) is 9.59 Å². The molecule has 0 saturated heterocycles. The number of unbranched alkanes of at least 4 members (excludes halogenated alkanes) is 16. The molecule has 1 unspecified atom stereocenters. The molecular formula is C39H68O5. The minimum absolute atomic E-state index is 0.0750. The van der Waals surface area contributed by atoms with E-state index in [-0.39, 0.29) is 25.2 Å². The van der Waals surface area contributed by atoms with Crippen molar-refractivity contribution in [2.45, 2.75) is 174 Å². The monoisotopic (exact) mass is 617 g/mol. The number of aliphatic hydroxyl groups excluding tert-OH is 1. The fourth-order valence-corrected chi connectivity index (χ4v) is 4.90. The minimum atomic E-state index is -0.781. The van der Waals surface area contributed by atoms with Gasteiger partial charge in [0.25, 0.3) is 0 Å². The summed E-state index contributed by atoms with van der Waals surface area (Å²) in [4.78, 5) is 24.2. The standard InChI is InChI=1S/C39H68O5/c1-3-5-7-9-11-13-15-17-18-19-20-22-24-26-28-30-32-34-39(42)44-37(35-40)36-43-38(41)33-31-29-27-25-23-21-16-14-12-10-8-6-4-2/h5,7,11,13,17-18,20,22,37,40H,3-4,6,8-10,12,14-16,19,21,23-36H2,1-2H3. The molecule has 0 bridgehead atoms. The Morgan fingerprint density at radius 3 is 1.48 bits per heavy atom. The summed E-state index contributed by atoms with van der Waals surface area (Å²) in [6.07, 6.45) is 43.0. The van der Waals surface area contributed by atoms with Gasteiger partial charge in [-0.05, 0) is 51.4 Å². The lowest BCUT2D eigenvalue weighted by molar-refractivity contribution is -0.161. The van der Waals surface area contributed by atoms with Crippen molar-refractivity contribution < 1.29 is 24.2 Å². The maximum atomic E-state index is 12.1. The summed E-state index contributed by atoms with van der Waals surface area (Å²) in [5, 5.41) is 9.52. The summed E-state index contributed by atoms with van der Waals surface area (Å²) in [6.45, 7) is 3.99. The van der Waals surface area contributed by atoms with Crippen LogP contribution in [0.3, 0.4) is 0 Å². The number of rotatable bonds is 32. The normalized spacial score (nSPS) is 12.7. The molecule has 0 aliphatic heterocycles. The van der Waals surface area contributed by atoms with Crippen LogP contribution in [0, 0.1) is 0 Å². The van der Waals surface area contributed by atoms with Crippen molar-refractivity contribution in [1.82, 2.24) is 0 Å². The molecule has 0 rings (SSSR count). The highest BCUT2D eigenvalue weighted by molar-refractivity contribution is 5.70. The molecule has 0 aliphatic rings. The van der Waals surface area contributed by atoms with Crippen molar-refractivity contribution in [3.63, 3.8) is 0 Å². The van der Waals surface area contributed by atoms with Crippen LogP contribution in [0.2, 0.25) is 0 Å². The Morgan fingerprint density at radius 1 is 0.545 bits per heavy atom. The van der Waals surface area contributed by atoms with Gasteiger partial charge in [0, 0.05) is 12.8 Å². The average molecular weight is 617 g/mol. The molecule has 0 saturated carbocycles. The molecule has 0 aromatic rings. The predicted octanol–water partition coefficient (Wildman–Crippen LogP) is 11.1. The average Bonchev–Trinajstić information content (AvgIpc) is 3.02. The Morgan fingerprint density at radius 2 is 0.977 bits per heavy atom. The largest absolute Gasteiger partial charge is 0.462 e. The number of hydrogen-bond acceptors (Lipinski definition) is 5. The fourth-order valence-electron chi connectivity index (χ4n) is 4.90. The van der Waals surface area contributed by atoms with E-state index in [0.717, 1.165) is 77.0 Å². The van der Waals surface area contributed by atoms with E-state index in [1.54, 1.807) is 0 Å². The molecule has 5 nitrogen and oxygen atoms in total. The lowest BCUT2D eigenvalue weighted by atomic mass is 10.0. The lowest BCUT2D eigenvalue weighted by Gasteiger charge is -2.15. The van der Waals surface area contributed by atoms with E-state index < -0.39 is 6.10 Å². The van der Waals surface area contributed by atoms with E-state index in [2.05, 4.69) is 62.5 Å². The molecular weight excluding hydrogens is 548 g/mol. The van der Waals surface area contributed by atoms with Crippen LogP contribution in [0.15, 0.2) is 48.6 Å². The summed E-state index contributed by atoms with van der Waals surface area (Å²) in [5.41, 5.74) is 0. The Kier molecular flexibility index (Phi) is 33.6. The second kappa shape index (κ2) is 35.3. The van der Waals surface area contributed by atoms with E-state index in [4.69, 9.17) is 9.47 Å². The molecule has 0 spiro atoms. The number of ether oxygens (including phenoxy) is 2. The van der Waals surface area contributed by atoms with E-state index in [9.17, 15) is 14.7 Å². The van der Waals surface area contributed by atoms with Crippen LogP contribution >= 0.6 is 0 Å². The van der Waals surface area contributed by atoms with Gasteiger partial charge in [-0.25, -0.2) is 0 Å². The number of carbonyl (C=O) groups excluding carboxylic acids is 2. The number of carbonyl (C=O) groups is 2. The van der Waals surface area contributed by atoms with Crippen molar-refractivity contribution in [2.75, 3.05) is 13.2 Å². The predicted molar refractivity (Wildman–Crippen MR) is 187 cm³/mol. The summed E-state index contributed by atoms with van der Waals surface area (Å²) in [5.74, 6) is -0.619. The third kappa shape index (κ3) is 32.8. The third-order valence-electron chi connectivity index (χ3n) is 7.64. The Hall–Kier alpha value is -2.14. The van der Waals surface area contributed by atoms with Crippen LogP contribution in [0.25, 0.3) is 0 Å². The van der Waals surface area contributed by atoms with Crippen molar-refractivity contribution in [2.24, 2.45) is 0 Å². The molecule has 0 aromatic heterocycles. The van der Waals surface area contributed by atoms with Gasteiger partial charge in [-0.1, -0.05) is 152 Å². The van der Waals surface area contributed by atoms with Crippen LogP contribution in [-0.2, 0) is 19.1 Å². The Labute approximate surface area is 271 Å². The van der Waals surface area contributed by atoms with Crippen molar-refractivity contribution >= 4 is 11.9 Å². The van der Waals surface area contributed by atoms with E-state index in [1.165, 1.54) is 64.2 Å². The van der Waals surface area contributed by atoms with Gasteiger partial charge in [0.15, 0.2) is 6.10 Å². The van der Waals surface area contributed by atoms with Gasteiger partial charge in [0.05, 0.1) is 6.61 Å². The SMILES string of the molecule is CCC=CCC=CCC=CCC=CCCCCCCC(=O)OC(CO)COC(=O)CCCCCCCCCCCCCCC. The van der Waals surface area contributed by atoms with Crippen molar-refractivity contribution in [1.29, 1.82) is 0 Å². The molecule has 0 amide bonds. The second-order valence-electron chi connectivity index (χ2n) is 11.9. The highest BCUT2D eigenvalue weighted by Crippen LogP contribution is 2.13. The van der Waals surface area contributed by atoms with Crippen LogP contribution < -0.4 is 0 Å². The second-order valence-corrected chi connectivity index (χ2v) is 11.9. The maximum absolute atomic E-state index is 12.1. The highest BCUT2D eigenvalue weighted by Gasteiger charge is 2.16. The molecule has 1 N–H and O–H groups in total. The smallest absolute Gasteiger partial charge is 0.306 e. The highest BCUT2D eigenvalue weighted by atomic mass is 16.6. The maximum Gasteiger partial charge on any atom is 0.306 e. The first-order valence-electron chi connectivity index (χ1n) is 18.2. The zero-order valence-electron chi connectivity index (χ0n) is 28.7. The number of esters is 2. The minimum Gasteiger partial charge on any atom is -0.462 e. The van der Waals surface area contributed by atoms with E-state index >= 15 is 0 Å². The quantitative estimate of drug-likeness (QED) is 0.0462. The Bertz CT molecular complexity index is 752. The fraction of sp³-hybridized carbons (Fsp3) is 0.744. The number of aliphatic hydroxyl groups is 1. The molecule has 0 radical (unpaired) electrons. The van der Waals surface area contributed by atoms with Crippen molar-refractivity contribution in [3.05, 3.63) is 48.6 Å². The summed E-state index contributed by atoms with van der Waals surface area (Å²) < 4.78 is 10.6. The molecule has 1 atom stereocenters. The van der Waals surface area contributed by atoms with Crippen LogP contribution in [-0.4, -0.2) is 36.4 Å². The third-order valence-corrected chi connectivity index (χ3v) is 7.64. The topological polar surface area (TPSA) is 72.8 Å². The van der Waals surface area contributed by atoms with Gasteiger partial charge in [0.2, 0.25) is 0 Å². The number of allylic oxidation sites excluding steroid dienone is 8. The van der Waals surface area contributed by atoms with Gasteiger partial charge in [-0.15, -0.1) is 0 Å². The van der Waals surface area contributed by atoms with Gasteiger partial charge >= 0.3 is 11.9 Å². The van der Waals surface area contributed by atoms with Crippen LogP contribution in [0.4, 0.5) is 0 Å². The zero-order valence-corrected chi connectivity index (χ0v) is 28.7. The number of hydrogen-bond donors (Lipinski definition) is 1. The Balaban J connectivity index is 3.63. The summed E-state index contributed by atoms with van der Waals surface area (Å²) in [6, 6.07) is 0. The van der Waals surface area contributed by atoms with Crippen LogP contribution in [0.5, 0.6) is 0 Å². The van der Waals surface area contributed by atoms with Gasteiger partial charge < -0.3 is 14.6 Å². The first-order chi connectivity index (χ1) is 21.6. The molecule has 44 heavy (non-hydrogen) atoms. The van der Waals surface area contributed by atoms with Crippen LogP contribution in [0.1, 0.15) is 168 Å².